The zero-order valence-electron chi connectivity index (χ0n) is 17.4. The lowest BCUT2D eigenvalue weighted by molar-refractivity contribution is -0.120. The van der Waals surface area contributed by atoms with E-state index in [0.717, 1.165) is 11.5 Å². The number of aldehydes is 1. The molecule has 2 heterocycles. The monoisotopic (exact) mass is 460 g/mol. The molecule has 31 heavy (non-hydrogen) atoms. The van der Waals surface area contributed by atoms with E-state index in [1.54, 1.807) is 29.8 Å². The average Bonchev–Trinajstić information content (AvgIpc) is 2.80. The van der Waals surface area contributed by atoms with Gasteiger partial charge in [-0.25, -0.2) is 4.98 Å². The van der Waals surface area contributed by atoms with E-state index in [-0.39, 0.29) is 6.42 Å². The second kappa shape index (κ2) is 13.5. The molecule has 0 saturated carbocycles. The van der Waals surface area contributed by atoms with E-state index in [2.05, 4.69) is 20.6 Å². The zero-order chi connectivity index (χ0) is 22.5. The van der Waals surface area contributed by atoms with Crippen molar-refractivity contribution in [2.45, 2.75) is 25.8 Å². The predicted molar refractivity (Wildman–Crippen MR) is 125 cm³/mol. The van der Waals surface area contributed by atoms with Crippen LogP contribution in [0.2, 0.25) is 0 Å². The summed E-state index contributed by atoms with van der Waals surface area (Å²) in [7, 11) is 1.83. The predicted octanol–water partition coefficient (Wildman–Crippen LogP) is 3.71. The van der Waals surface area contributed by atoms with E-state index in [1.165, 1.54) is 17.3 Å². The van der Waals surface area contributed by atoms with Gasteiger partial charge in [-0.05, 0) is 36.6 Å². The summed E-state index contributed by atoms with van der Waals surface area (Å²) in [4.78, 5) is 32.7. The van der Waals surface area contributed by atoms with E-state index in [1.807, 2.05) is 32.2 Å². The van der Waals surface area contributed by atoms with Crippen LogP contribution in [0.4, 0.5) is 5.82 Å². The van der Waals surface area contributed by atoms with Crippen LogP contribution in [-0.2, 0) is 22.4 Å². The number of nitrogens with zero attached hydrogens (tertiary/aromatic N) is 2. The van der Waals surface area contributed by atoms with Gasteiger partial charge in [0.05, 0.1) is 23.8 Å². The largest absolute Gasteiger partial charge is 0.492 e. The van der Waals surface area contributed by atoms with Crippen LogP contribution in [0.15, 0.2) is 58.5 Å². The highest BCUT2D eigenvalue weighted by molar-refractivity contribution is 8.06. The second-order valence-electron chi connectivity index (χ2n) is 6.33. The molecule has 0 fully saturated rings. The Morgan fingerprint density at radius 2 is 2.13 bits per heavy atom. The van der Waals surface area contributed by atoms with Gasteiger partial charge in [-0.2, -0.15) is 0 Å². The zero-order valence-corrected chi connectivity index (χ0v) is 18.9. The van der Waals surface area contributed by atoms with Crippen LogP contribution in [0.3, 0.4) is 0 Å². The summed E-state index contributed by atoms with van der Waals surface area (Å²) in [6.45, 7) is 2.30. The van der Waals surface area contributed by atoms with Gasteiger partial charge < -0.3 is 20.2 Å². The lowest BCUT2D eigenvalue weighted by Crippen LogP contribution is -2.38. The van der Waals surface area contributed by atoms with Gasteiger partial charge in [0.15, 0.2) is 0 Å². The number of nitrogens with one attached hydrogen (secondary N) is 2. The molecule has 2 aromatic rings. The Balaban J connectivity index is 1.85. The maximum absolute atomic E-state index is 12.2. The Morgan fingerprint density at radius 3 is 2.77 bits per heavy atom. The third kappa shape index (κ3) is 8.43. The minimum atomic E-state index is -0.713. The number of rotatable bonds is 12. The van der Waals surface area contributed by atoms with Crippen LogP contribution in [0.25, 0.3) is 0 Å². The Morgan fingerprint density at radius 1 is 1.29 bits per heavy atom. The van der Waals surface area contributed by atoms with Crippen LogP contribution in [0.1, 0.15) is 18.3 Å². The number of anilines is 1. The van der Waals surface area contributed by atoms with Crippen LogP contribution >= 0.6 is 23.4 Å². The summed E-state index contributed by atoms with van der Waals surface area (Å²) < 4.78 is 5.72. The highest BCUT2D eigenvalue weighted by Crippen LogP contribution is 2.18. The number of hydrogen-bond acceptors (Lipinski definition) is 7. The Labute approximate surface area is 191 Å². The molecule has 1 atom stereocenters. The minimum Gasteiger partial charge on any atom is -0.492 e. The summed E-state index contributed by atoms with van der Waals surface area (Å²) in [5.41, 5.74) is 2.78. The van der Waals surface area contributed by atoms with Crippen LogP contribution < -0.4 is 15.4 Å². The van der Waals surface area contributed by atoms with Gasteiger partial charge >= 0.3 is 0 Å². The summed E-state index contributed by atoms with van der Waals surface area (Å²) in [6, 6.07) is 8.63. The van der Waals surface area contributed by atoms with Gasteiger partial charge in [0, 0.05) is 36.8 Å². The number of carbonyl (C=O) groups excluding carboxylic acids is 2. The van der Waals surface area contributed by atoms with Crippen molar-refractivity contribution in [3.05, 3.63) is 69.8 Å². The topological polar surface area (TPSA) is 93.2 Å². The smallest absolute Gasteiger partial charge is 0.259 e. The molecule has 0 spiro atoms. The Hall–Kier alpha value is -2.84. The van der Waals surface area contributed by atoms with E-state index >= 15 is 0 Å². The third-order valence-electron chi connectivity index (χ3n) is 4.05. The van der Waals surface area contributed by atoms with Gasteiger partial charge in [-0.1, -0.05) is 35.5 Å². The average molecular weight is 461 g/mol. The van der Waals surface area contributed by atoms with Gasteiger partial charge in [0.1, 0.15) is 17.9 Å². The number of amides is 1. The van der Waals surface area contributed by atoms with Gasteiger partial charge in [-0.15, -0.1) is 0 Å². The van der Waals surface area contributed by atoms with Crippen molar-refractivity contribution in [2.24, 2.45) is 0 Å². The fraction of sp³-hybridized carbons (Fsp3) is 0.273. The van der Waals surface area contributed by atoms with Crippen LogP contribution in [-0.4, -0.2) is 41.9 Å². The molecule has 0 aliphatic rings. The Kier molecular flexibility index (Phi) is 10.6. The number of allylic oxidation sites excluding steroid dienone is 1. The maximum atomic E-state index is 12.2. The first-order chi connectivity index (χ1) is 15.1. The highest BCUT2D eigenvalue weighted by atomic mass is 35.5. The van der Waals surface area contributed by atoms with Crippen molar-refractivity contribution < 1.29 is 14.3 Å². The molecule has 2 N–H and O–H groups in total. The highest BCUT2D eigenvalue weighted by Gasteiger charge is 2.16. The van der Waals surface area contributed by atoms with Crippen molar-refractivity contribution in [1.29, 1.82) is 0 Å². The summed E-state index contributed by atoms with van der Waals surface area (Å²) in [6.07, 6.45) is 5.00. The molecule has 0 aliphatic heterocycles. The van der Waals surface area contributed by atoms with E-state index < -0.39 is 11.9 Å². The standard InChI is InChI=1S/C22H25ClN4O3S/c1-3-11-31-20(13-23)22(29)27-18(15-28)12-17-7-8-19(14-25-17)30-10-9-16-5-4-6-21(24-2)26-16/h3-8,11,13-15,18H,9-10,12H2,1-2H3,(H,24,26)(H,27,29)/b11-3-,20-13+. The fourth-order valence-electron chi connectivity index (χ4n) is 2.52. The molecule has 0 bridgehead atoms. The lowest BCUT2D eigenvalue weighted by atomic mass is 10.1. The van der Waals surface area contributed by atoms with Crippen molar-refractivity contribution in [1.82, 2.24) is 15.3 Å². The molecular weight excluding hydrogens is 436 g/mol. The van der Waals surface area contributed by atoms with Gasteiger partial charge in [0.25, 0.3) is 5.91 Å². The number of ether oxygens (including phenoxy) is 1. The van der Waals surface area contributed by atoms with Gasteiger partial charge in [0.2, 0.25) is 0 Å². The quantitative estimate of drug-likeness (QED) is 0.368. The molecule has 7 nitrogen and oxygen atoms in total. The summed E-state index contributed by atoms with van der Waals surface area (Å²) in [5.74, 6) is 1.02. The van der Waals surface area contributed by atoms with Crippen molar-refractivity contribution in [3.63, 3.8) is 0 Å². The number of thioether (sulfide) groups is 1. The minimum absolute atomic E-state index is 0.264. The van der Waals surface area contributed by atoms with E-state index in [4.69, 9.17) is 16.3 Å². The second-order valence-corrected chi connectivity index (χ2v) is 7.49. The van der Waals surface area contributed by atoms with Crippen molar-refractivity contribution in [2.75, 3.05) is 19.0 Å². The van der Waals surface area contributed by atoms with E-state index in [0.29, 0.717) is 35.7 Å². The number of carbonyl (C=O) groups is 2. The molecule has 1 unspecified atom stereocenters. The molecule has 2 rings (SSSR count). The maximum Gasteiger partial charge on any atom is 0.259 e. The number of pyridine rings is 2. The SMILES string of the molecule is C/C=C\S/C(=C/Cl)C(=O)NC(C=O)Cc1ccc(OCCc2cccc(NC)n2)cn1. The van der Waals surface area contributed by atoms with Crippen molar-refractivity contribution in [3.8, 4) is 5.75 Å². The molecule has 0 saturated heterocycles. The Bertz CT molecular complexity index is 919. The summed E-state index contributed by atoms with van der Waals surface area (Å²) >= 11 is 6.88. The first kappa shape index (κ1) is 24.4. The molecule has 9 heteroatoms. The normalized spacial score (nSPS) is 12.4. The third-order valence-corrected chi connectivity index (χ3v) is 5.36. The lowest BCUT2D eigenvalue weighted by Gasteiger charge is -2.13. The number of hydrogen-bond donors (Lipinski definition) is 2. The molecular formula is C22H25ClN4O3S. The van der Waals surface area contributed by atoms with Crippen molar-refractivity contribution >= 4 is 41.4 Å². The molecule has 0 aromatic carbocycles. The van der Waals surface area contributed by atoms with Gasteiger partial charge in [-0.3, -0.25) is 9.78 Å². The molecule has 164 valence electrons. The molecule has 0 aliphatic carbocycles. The molecule has 2 aromatic heterocycles. The summed E-state index contributed by atoms with van der Waals surface area (Å²) in [5, 5.41) is 7.39. The van der Waals surface area contributed by atoms with E-state index in [9.17, 15) is 9.59 Å². The van der Waals surface area contributed by atoms with Crippen LogP contribution in [0.5, 0.6) is 5.75 Å². The first-order valence-corrected chi connectivity index (χ1v) is 11.0. The number of halogens is 1. The number of aromatic nitrogens is 2. The first-order valence-electron chi connectivity index (χ1n) is 9.65. The molecule has 0 radical (unpaired) electrons. The van der Waals surface area contributed by atoms with Crippen LogP contribution in [0, 0.1) is 0 Å². The molecule has 1 amide bonds. The fourth-order valence-corrected chi connectivity index (χ4v) is 3.27.